The highest BCUT2D eigenvalue weighted by atomic mass is 16.3. The maximum atomic E-state index is 10.6. The Hall–Kier alpha value is -1.71. The van der Waals surface area contributed by atoms with E-state index in [9.17, 15) is 5.11 Å². The van der Waals surface area contributed by atoms with Gasteiger partial charge in [0.2, 0.25) is 0 Å². The SMILES string of the molecule is CC1CN(C[C@@H]2CCc3cccnc3[C@@H](O)C2)CCC1c1ccccc1. The topological polar surface area (TPSA) is 36.4 Å². The van der Waals surface area contributed by atoms with Gasteiger partial charge in [-0.3, -0.25) is 4.98 Å². The summed E-state index contributed by atoms with van der Waals surface area (Å²) >= 11 is 0. The lowest BCUT2D eigenvalue weighted by atomic mass is 9.81. The van der Waals surface area contributed by atoms with Crippen LogP contribution in [0.15, 0.2) is 48.7 Å². The Morgan fingerprint density at radius 2 is 1.96 bits per heavy atom. The van der Waals surface area contributed by atoms with Crippen molar-refractivity contribution in [2.24, 2.45) is 11.8 Å². The first-order chi connectivity index (χ1) is 12.7. The number of aliphatic hydroxyl groups excluding tert-OH is 1. The minimum Gasteiger partial charge on any atom is -0.387 e. The van der Waals surface area contributed by atoms with Crippen molar-refractivity contribution in [1.29, 1.82) is 0 Å². The zero-order valence-corrected chi connectivity index (χ0v) is 15.7. The Kier molecular flexibility index (Phi) is 5.37. The molecule has 1 aromatic heterocycles. The highest BCUT2D eigenvalue weighted by molar-refractivity contribution is 5.23. The predicted octanol–water partition coefficient (Wildman–Crippen LogP) is 4.19. The third-order valence-electron chi connectivity index (χ3n) is 6.35. The van der Waals surface area contributed by atoms with Crippen LogP contribution in [-0.4, -0.2) is 34.6 Å². The summed E-state index contributed by atoms with van der Waals surface area (Å²) in [5.41, 5.74) is 3.64. The van der Waals surface area contributed by atoms with Crippen molar-refractivity contribution in [3.05, 3.63) is 65.5 Å². The fraction of sp³-hybridized carbons (Fsp3) is 0.522. The van der Waals surface area contributed by atoms with E-state index >= 15 is 0 Å². The maximum Gasteiger partial charge on any atom is 0.0965 e. The summed E-state index contributed by atoms with van der Waals surface area (Å²) in [7, 11) is 0. The number of aromatic nitrogens is 1. The second-order valence-corrected chi connectivity index (χ2v) is 8.25. The van der Waals surface area contributed by atoms with Crippen molar-refractivity contribution in [1.82, 2.24) is 9.88 Å². The standard InChI is InChI=1S/C23H30N2O/c1-17-15-25(13-11-21(17)19-6-3-2-4-7-19)16-18-9-10-20-8-5-12-24-23(20)22(26)14-18/h2-8,12,17-18,21-22,26H,9-11,13-16H2,1H3/t17?,18-,21?,22+/m1/s1. The van der Waals surface area contributed by atoms with Crippen LogP contribution < -0.4 is 0 Å². The number of hydrogen-bond acceptors (Lipinski definition) is 3. The van der Waals surface area contributed by atoms with E-state index in [1.165, 1.54) is 24.1 Å². The number of fused-ring (bicyclic) bond motifs is 1. The van der Waals surface area contributed by atoms with Crippen LogP contribution in [0.2, 0.25) is 0 Å². The van der Waals surface area contributed by atoms with Crippen LogP contribution in [-0.2, 0) is 6.42 Å². The summed E-state index contributed by atoms with van der Waals surface area (Å²) in [6, 6.07) is 15.1. The molecule has 26 heavy (non-hydrogen) atoms. The molecule has 1 saturated heterocycles. The van der Waals surface area contributed by atoms with Crippen molar-refractivity contribution < 1.29 is 5.11 Å². The summed E-state index contributed by atoms with van der Waals surface area (Å²) in [4.78, 5) is 7.06. The summed E-state index contributed by atoms with van der Waals surface area (Å²) in [5.74, 6) is 1.92. The molecule has 0 amide bonds. The van der Waals surface area contributed by atoms with Crippen LogP contribution in [0.3, 0.4) is 0 Å². The molecule has 3 heteroatoms. The van der Waals surface area contributed by atoms with Crippen LogP contribution >= 0.6 is 0 Å². The van der Waals surface area contributed by atoms with Crippen molar-refractivity contribution in [3.8, 4) is 0 Å². The first-order valence-corrected chi connectivity index (χ1v) is 10.1. The second-order valence-electron chi connectivity index (χ2n) is 8.25. The van der Waals surface area contributed by atoms with Crippen molar-refractivity contribution in [2.75, 3.05) is 19.6 Å². The molecule has 0 spiro atoms. The summed E-state index contributed by atoms with van der Waals surface area (Å²) in [6.07, 6.45) is 5.68. The molecule has 3 nitrogen and oxygen atoms in total. The van der Waals surface area contributed by atoms with E-state index in [1.807, 2.05) is 6.07 Å². The second kappa shape index (κ2) is 7.89. The molecule has 138 valence electrons. The number of aliphatic hydroxyl groups is 1. The number of piperidine rings is 1. The lowest BCUT2D eigenvalue weighted by molar-refractivity contribution is 0.101. The lowest BCUT2D eigenvalue weighted by Crippen LogP contribution is -2.41. The van der Waals surface area contributed by atoms with E-state index in [0.29, 0.717) is 17.8 Å². The van der Waals surface area contributed by atoms with Gasteiger partial charge < -0.3 is 10.0 Å². The Morgan fingerprint density at radius 1 is 1.12 bits per heavy atom. The van der Waals surface area contributed by atoms with E-state index in [1.54, 1.807) is 6.20 Å². The van der Waals surface area contributed by atoms with Gasteiger partial charge in [0.25, 0.3) is 0 Å². The Labute approximate surface area is 157 Å². The van der Waals surface area contributed by atoms with Crippen LogP contribution in [0.25, 0.3) is 0 Å². The van der Waals surface area contributed by atoms with E-state index < -0.39 is 6.10 Å². The molecule has 1 fully saturated rings. The molecule has 2 unspecified atom stereocenters. The van der Waals surface area contributed by atoms with Gasteiger partial charge in [-0.15, -0.1) is 0 Å². The lowest BCUT2D eigenvalue weighted by Gasteiger charge is -2.39. The third-order valence-corrected chi connectivity index (χ3v) is 6.35. The first kappa shape index (κ1) is 17.7. The zero-order valence-electron chi connectivity index (χ0n) is 15.7. The van der Waals surface area contributed by atoms with Gasteiger partial charge in [-0.1, -0.05) is 43.3 Å². The van der Waals surface area contributed by atoms with Crippen LogP contribution in [0.4, 0.5) is 0 Å². The van der Waals surface area contributed by atoms with Gasteiger partial charge in [0.05, 0.1) is 11.8 Å². The highest BCUT2D eigenvalue weighted by Crippen LogP contribution is 2.35. The maximum absolute atomic E-state index is 10.6. The van der Waals surface area contributed by atoms with Crippen LogP contribution in [0.5, 0.6) is 0 Å². The molecule has 1 aliphatic carbocycles. The van der Waals surface area contributed by atoms with Gasteiger partial charge in [-0.05, 0) is 67.2 Å². The van der Waals surface area contributed by atoms with E-state index in [2.05, 4.69) is 53.2 Å². The molecule has 1 N–H and O–H groups in total. The average molecular weight is 351 g/mol. The van der Waals surface area contributed by atoms with Gasteiger partial charge in [-0.2, -0.15) is 0 Å². The summed E-state index contributed by atoms with van der Waals surface area (Å²) < 4.78 is 0. The number of likely N-dealkylation sites (tertiary alicyclic amines) is 1. The number of benzene rings is 1. The molecule has 4 rings (SSSR count). The minimum atomic E-state index is -0.405. The molecule has 2 aromatic rings. The summed E-state index contributed by atoms with van der Waals surface area (Å²) in [6.45, 7) is 5.83. The quantitative estimate of drug-likeness (QED) is 0.843. The molecule has 0 bridgehead atoms. The smallest absolute Gasteiger partial charge is 0.0965 e. The number of rotatable bonds is 3. The van der Waals surface area contributed by atoms with Gasteiger partial charge in [0, 0.05) is 19.3 Å². The predicted molar refractivity (Wildman–Crippen MR) is 105 cm³/mol. The molecular weight excluding hydrogens is 320 g/mol. The molecular formula is C23H30N2O. The van der Waals surface area contributed by atoms with Crippen molar-refractivity contribution >= 4 is 0 Å². The van der Waals surface area contributed by atoms with E-state index in [4.69, 9.17) is 0 Å². The van der Waals surface area contributed by atoms with Crippen molar-refractivity contribution in [3.63, 3.8) is 0 Å². The molecule has 0 radical (unpaired) electrons. The molecule has 2 aliphatic rings. The Morgan fingerprint density at radius 3 is 2.77 bits per heavy atom. The van der Waals surface area contributed by atoms with Crippen LogP contribution in [0, 0.1) is 11.8 Å². The van der Waals surface area contributed by atoms with E-state index in [0.717, 1.165) is 38.0 Å². The van der Waals surface area contributed by atoms with Crippen LogP contribution in [0.1, 0.15) is 55.0 Å². The molecule has 1 aromatic carbocycles. The minimum absolute atomic E-state index is 0.405. The monoisotopic (exact) mass is 350 g/mol. The van der Waals surface area contributed by atoms with Crippen molar-refractivity contribution in [2.45, 2.75) is 44.6 Å². The van der Waals surface area contributed by atoms with Gasteiger partial charge >= 0.3 is 0 Å². The summed E-state index contributed by atoms with van der Waals surface area (Å²) in [5, 5.41) is 10.6. The number of aryl methyl sites for hydroxylation is 1. The molecule has 1 aliphatic heterocycles. The van der Waals surface area contributed by atoms with Gasteiger partial charge in [0.1, 0.15) is 0 Å². The molecule has 0 saturated carbocycles. The van der Waals surface area contributed by atoms with Gasteiger partial charge in [-0.25, -0.2) is 0 Å². The Balaban J connectivity index is 1.36. The first-order valence-electron chi connectivity index (χ1n) is 10.1. The largest absolute Gasteiger partial charge is 0.387 e. The Bertz CT molecular complexity index is 717. The fourth-order valence-electron chi connectivity index (χ4n) is 4.99. The number of pyridine rings is 1. The zero-order chi connectivity index (χ0) is 17.9. The average Bonchev–Trinajstić information content (AvgIpc) is 2.82. The molecule has 2 heterocycles. The number of hydrogen-bond donors (Lipinski definition) is 1. The van der Waals surface area contributed by atoms with Gasteiger partial charge in [0.15, 0.2) is 0 Å². The third kappa shape index (κ3) is 3.84. The van der Waals surface area contributed by atoms with E-state index in [-0.39, 0.29) is 0 Å². The molecule has 4 atom stereocenters. The highest BCUT2D eigenvalue weighted by Gasteiger charge is 2.30. The normalized spacial score (nSPS) is 29.8. The number of nitrogens with zero attached hydrogens (tertiary/aromatic N) is 2. The fourth-order valence-corrected chi connectivity index (χ4v) is 4.99.